The molecule has 3 rings (SSSR count). The van der Waals surface area contributed by atoms with Crippen molar-refractivity contribution in [1.29, 1.82) is 0 Å². The Morgan fingerprint density at radius 1 is 1.05 bits per heavy atom. The van der Waals surface area contributed by atoms with Gasteiger partial charge in [-0.25, -0.2) is 9.59 Å². The third-order valence-electron chi connectivity index (χ3n) is 3.15. The number of hydrogen-bond acceptors (Lipinski definition) is 4. The Bertz CT molecular complexity index is 863. The van der Waals surface area contributed by atoms with E-state index in [1.165, 1.54) is 17.4 Å². The average Bonchev–Trinajstić information content (AvgIpc) is 3.05. The monoisotopic (exact) mass is 303 g/mol. The largest absolute Gasteiger partial charge is 0.478 e. The molecular weight excluding hydrogens is 294 g/mol. The smallest absolute Gasteiger partial charge is 0.336 e. The highest BCUT2D eigenvalue weighted by molar-refractivity contribution is 7.13. The predicted molar refractivity (Wildman–Crippen MR) is 76.4 cm³/mol. The van der Waals surface area contributed by atoms with E-state index in [9.17, 15) is 14.8 Å². The molecule has 21 heavy (non-hydrogen) atoms. The number of carboxylic acid groups (broad SMARTS) is 2. The summed E-state index contributed by atoms with van der Waals surface area (Å²) in [5.74, 6) is -2.68. The van der Waals surface area contributed by atoms with E-state index in [4.69, 9.17) is 10.2 Å². The van der Waals surface area contributed by atoms with Crippen molar-refractivity contribution in [3.63, 3.8) is 0 Å². The van der Waals surface area contributed by atoms with E-state index in [0.717, 1.165) is 15.7 Å². The Kier molecular flexibility index (Phi) is 2.91. The summed E-state index contributed by atoms with van der Waals surface area (Å²) >= 11 is 1.41. The van der Waals surface area contributed by atoms with Gasteiger partial charge in [-0.1, -0.05) is 6.07 Å². The Labute approximate surface area is 122 Å². The predicted octanol–water partition coefficient (Wildman–Crippen LogP) is 3.00. The molecule has 0 saturated heterocycles. The lowest BCUT2D eigenvalue weighted by molar-refractivity contribution is 0.0651. The van der Waals surface area contributed by atoms with Crippen LogP contribution in [0, 0.1) is 0 Å². The highest BCUT2D eigenvalue weighted by atomic mass is 32.1. The summed E-state index contributed by atoms with van der Waals surface area (Å²) in [5, 5.41) is 30.7. The third-order valence-corrected chi connectivity index (χ3v) is 4.04. The first-order valence-electron chi connectivity index (χ1n) is 5.88. The second kappa shape index (κ2) is 4.64. The van der Waals surface area contributed by atoms with Crippen LogP contribution in [-0.2, 0) is 0 Å². The van der Waals surface area contributed by atoms with Gasteiger partial charge in [0.25, 0.3) is 0 Å². The summed E-state index contributed by atoms with van der Waals surface area (Å²) in [4.78, 5) is 23.1. The molecule has 0 amide bonds. The van der Waals surface area contributed by atoms with Crippen LogP contribution in [-0.4, -0.2) is 32.1 Å². The standard InChI is InChI=1S/C14H9NO5S/c16-13(17)8-4-7-5-11(12-2-1-3-21-12)15(20)10(7)6-9(8)14(18)19/h1-6,20H,(H,16,17)(H,18,19). The van der Waals surface area contributed by atoms with Crippen LogP contribution < -0.4 is 0 Å². The van der Waals surface area contributed by atoms with E-state index in [1.807, 2.05) is 17.5 Å². The van der Waals surface area contributed by atoms with Gasteiger partial charge in [-0.2, -0.15) is 4.73 Å². The van der Waals surface area contributed by atoms with Crippen molar-refractivity contribution in [2.75, 3.05) is 0 Å². The first kappa shape index (κ1) is 13.2. The van der Waals surface area contributed by atoms with Gasteiger partial charge < -0.3 is 15.4 Å². The molecule has 3 aromatic rings. The fraction of sp³-hybridized carbons (Fsp3) is 0. The van der Waals surface area contributed by atoms with Crippen LogP contribution in [0.5, 0.6) is 0 Å². The van der Waals surface area contributed by atoms with Gasteiger partial charge in [0.1, 0.15) is 0 Å². The fourth-order valence-corrected chi connectivity index (χ4v) is 2.92. The number of fused-ring (bicyclic) bond motifs is 1. The zero-order chi connectivity index (χ0) is 15.1. The molecule has 0 saturated carbocycles. The lowest BCUT2D eigenvalue weighted by atomic mass is 10.1. The van der Waals surface area contributed by atoms with Crippen LogP contribution in [0.3, 0.4) is 0 Å². The molecule has 2 heterocycles. The molecule has 3 N–H and O–H groups in total. The fourth-order valence-electron chi connectivity index (χ4n) is 2.20. The number of nitrogens with zero attached hydrogens (tertiary/aromatic N) is 1. The van der Waals surface area contributed by atoms with Gasteiger partial charge in [0.2, 0.25) is 0 Å². The summed E-state index contributed by atoms with van der Waals surface area (Å²) < 4.78 is 0.874. The molecule has 0 aliphatic heterocycles. The van der Waals surface area contributed by atoms with Crippen molar-refractivity contribution in [1.82, 2.24) is 4.73 Å². The molecule has 6 nitrogen and oxygen atoms in total. The minimum Gasteiger partial charge on any atom is -0.478 e. The summed E-state index contributed by atoms with van der Waals surface area (Å²) in [6, 6.07) is 7.67. The lowest BCUT2D eigenvalue weighted by Crippen LogP contribution is -2.08. The number of carboxylic acids is 2. The zero-order valence-corrected chi connectivity index (χ0v) is 11.3. The molecule has 0 aliphatic carbocycles. The van der Waals surface area contributed by atoms with Gasteiger partial charge in [0.15, 0.2) is 0 Å². The maximum Gasteiger partial charge on any atom is 0.336 e. The van der Waals surface area contributed by atoms with Crippen LogP contribution in [0.15, 0.2) is 35.7 Å². The molecule has 0 bridgehead atoms. The number of hydrogen-bond donors (Lipinski definition) is 3. The molecular formula is C14H9NO5S. The number of aromatic nitrogens is 1. The molecule has 0 spiro atoms. The van der Waals surface area contributed by atoms with Gasteiger partial charge in [0, 0.05) is 5.39 Å². The topological polar surface area (TPSA) is 99.8 Å². The quantitative estimate of drug-likeness (QED) is 0.646. The average molecular weight is 303 g/mol. The van der Waals surface area contributed by atoms with E-state index in [0.29, 0.717) is 11.1 Å². The van der Waals surface area contributed by atoms with Crippen molar-refractivity contribution in [3.05, 3.63) is 46.8 Å². The molecule has 0 aliphatic rings. The summed E-state index contributed by atoms with van der Waals surface area (Å²) in [5.41, 5.74) is 0.0686. The summed E-state index contributed by atoms with van der Waals surface area (Å²) in [7, 11) is 0. The van der Waals surface area contributed by atoms with Crippen LogP contribution in [0.4, 0.5) is 0 Å². The van der Waals surface area contributed by atoms with E-state index in [2.05, 4.69) is 0 Å². The highest BCUT2D eigenvalue weighted by Gasteiger charge is 2.20. The maximum atomic E-state index is 11.2. The van der Waals surface area contributed by atoms with Gasteiger partial charge >= 0.3 is 11.9 Å². The van der Waals surface area contributed by atoms with E-state index < -0.39 is 11.9 Å². The third kappa shape index (κ3) is 2.03. The van der Waals surface area contributed by atoms with Crippen LogP contribution in [0.2, 0.25) is 0 Å². The van der Waals surface area contributed by atoms with Gasteiger partial charge in [-0.3, -0.25) is 0 Å². The molecule has 0 unspecified atom stereocenters. The molecule has 0 atom stereocenters. The van der Waals surface area contributed by atoms with Gasteiger partial charge in [-0.05, 0) is 29.6 Å². The molecule has 0 fully saturated rings. The molecule has 106 valence electrons. The minimum absolute atomic E-state index is 0.251. The van der Waals surface area contributed by atoms with Crippen LogP contribution in [0.1, 0.15) is 20.7 Å². The van der Waals surface area contributed by atoms with E-state index in [-0.39, 0.29) is 16.6 Å². The number of thiophene rings is 1. The van der Waals surface area contributed by atoms with Crippen molar-refractivity contribution < 1.29 is 25.0 Å². The van der Waals surface area contributed by atoms with Crippen molar-refractivity contribution >= 4 is 34.2 Å². The molecule has 0 radical (unpaired) electrons. The molecule has 2 aromatic heterocycles. The van der Waals surface area contributed by atoms with Gasteiger partial charge in [-0.15, -0.1) is 11.3 Å². The lowest BCUT2D eigenvalue weighted by Gasteiger charge is -2.03. The Hall–Kier alpha value is -2.80. The Morgan fingerprint density at radius 3 is 2.29 bits per heavy atom. The van der Waals surface area contributed by atoms with Crippen LogP contribution in [0.25, 0.3) is 21.5 Å². The normalized spacial score (nSPS) is 10.9. The number of rotatable bonds is 3. The van der Waals surface area contributed by atoms with Gasteiger partial charge in [0.05, 0.1) is 27.2 Å². The first-order valence-corrected chi connectivity index (χ1v) is 6.76. The van der Waals surface area contributed by atoms with Crippen molar-refractivity contribution in [3.8, 4) is 10.6 Å². The first-order chi connectivity index (χ1) is 9.99. The Balaban J connectivity index is 2.32. The van der Waals surface area contributed by atoms with Crippen LogP contribution >= 0.6 is 11.3 Å². The molecule has 1 aromatic carbocycles. The number of carbonyl (C=O) groups is 2. The maximum absolute atomic E-state index is 11.2. The highest BCUT2D eigenvalue weighted by Crippen LogP contribution is 2.31. The van der Waals surface area contributed by atoms with Crippen molar-refractivity contribution in [2.24, 2.45) is 0 Å². The number of aromatic carboxylic acids is 2. The van der Waals surface area contributed by atoms with E-state index in [1.54, 1.807) is 6.07 Å². The summed E-state index contributed by atoms with van der Waals surface area (Å²) in [6.45, 7) is 0. The molecule has 7 heteroatoms. The van der Waals surface area contributed by atoms with E-state index >= 15 is 0 Å². The second-order valence-electron chi connectivity index (χ2n) is 4.39. The Morgan fingerprint density at radius 2 is 1.71 bits per heavy atom. The minimum atomic E-state index is -1.35. The summed E-state index contributed by atoms with van der Waals surface area (Å²) in [6.07, 6.45) is 0. The second-order valence-corrected chi connectivity index (χ2v) is 5.33. The van der Waals surface area contributed by atoms with Crippen molar-refractivity contribution in [2.45, 2.75) is 0 Å². The SMILES string of the molecule is O=C(O)c1cc2cc(-c3cccs3)n(O)c2cc1C(=O)O. The zero-order valence-electron chi connectivity index (χ0n) is 10.5. The number of benzene rings is 1.